The topological polar surface area (TPSA) is 90.8 Å². The number of benzene rings is 2. The van der Waals surface area contributed by atoms with Gasteiger partial charge in [0.05, 0.1) is 16.6 Å². The largest absolute Gasteiger partial charge is 0.444 e. The second-order valence-corrected chi connectivity index (χ2v) is 13.0. The predicted octanol–water partition coefficient (Wildman–Crippen LogP) is 7.71. The molecule has 1 saturated carbocycles. The molecule has 2 heterocycles. The van der Waals surface area contributed by atoms with Crippen molar-refractivity contribution in [2.45, 2.75) is 104 Å². The minimum Gasteiger partial charge on any atom is -0.444 e. The first kappa shape index (κ1) is 32.1. The first-order valence-electron chi connectivity index (χ1n) is 14.8. The molecule has 43 heavy (non-hydrogen) atoms. The number of hydrogen-bond acceptors (Lipinski definition) is 5. The Morgan fingerprint density at radius 2 is 1.65 bits per heavy atom. The zero-order valence-corrected chi connectivity index (χ0v) is 26.5. The zero-order chi connectivity index (χ0) is 32.0. The van der Waals surface area contributed by atoms with Crippen LogP contribution < -0.4 is 20.1 Å². The van der Waals surface area contributed by atoms with Crippen molar-refractivity contribution >= 4 is 28.6 Å². The van der Waals surface area contributed by atoms with E-state index in [1.807, 2.05) is 24.5 Å². The van der Waals surface area contributed by atoms with Crippen LogP contribution in [0.5, 0.6) is 11.5 Å². The number of alkyl halides is 1. The molecule has 1 unspecified atom stereocenters. The number of amides is 2. The maximum atomic E-state index is 15.5. The molecule has 3 aromatic rings. The number of hydrogen-bond donors (Lipinski definition) is 2. The lowest BCUT2D eigenvalue weighted by Crippen LogP contribution is -2.34. The Bertz CT molecular complexity index is 1530. The highest BCUT2D eigenvalue weighted by Crippen LogP contribution is 2.52. The summed E-state index contributed by atoms with van der Waals surface area (Å²) < 4.78 is 47.3. The summed E-state index contributed by atoms with van der Waals surface area (Å²) in [6.45, 7) is 17.4. The second-order valence-electron chi connectivity index (χ2n) is 13.0. The van der Waals surface area contributed by atoms with Gasteiger partial charge >= 0.3 is 12.1 Å². The molecule has 2 aromatic carbocycles. The Morgan fingerprint density at radius 3 is 2.26 bits per heavy atom. The quantitative estimate of drug-likeness (QED) is 0.303. The highest BCUT2D eigenvalue weighted by Gasteiger charge is 2.52. The smallest absolute Gasteiger partial charge is 0.407 e. The molecule has 0 radical (unpaired) electrons. The van der Waals surface area contributed by atoms with Crippen molar-refractivity contribution in [3.63, 3.8) is 0 Å². The number of alkyl carbamates (subject to hydrolysis) is 1. The fraction of sp³-hybridized carbons (Fsp3) is 0.515. The lowest BCUT2D eigenvalue weighted by atomic mass is 9.92. The molecule has 2 aliphatic rings. The molecule has 8 nitrogen and oxygen atoms in total. The van der Waals surface area contributed by atoms with Gasteiger partial charge < -0.3 is 29.4 Å². The summed E-state index contributed by atoms with van der Waals surface area (Å²) in [6, 6.07) is 7.70. The van der Waals surface area contributed by atoms with Crippen LogP contribution in [0.25, 0.3) is 10.9 Å². The summed E-state index contributed by atoms with van der Waals surface area (Å²) in [5, 5.41) is 6.32. The molecule has 1 aromatic heterocycles. The number of rotatable bonds is 6. The van der Waals surface area contributed by atoms with Gasteiger partial charge in [0, 0.05) is 42.6 Å². The van der Waals surface area contributed by atoms with Crippen molar-refractivity contribution < 1.29 is 32.6 Å². The minimum atomic E-state index is -2.26. The third-order valence-corrected chi connectivity index (χ3v) is 7.28. The van der Waals surface area contributed by atoms with Crippen molar-refractivity contribution in [2.75, 3.05) is 11.9 Å². The summed E-state index contributed by atoms with van der Waals surface area (Å²) in [5.41, 5.74) is 0.624. The maximum absolute atomic E-state index is 15.5. The molecule has 2 N–H and O–H groups in total. The number of nitrogens with one attached hydrogen (secondary N) is 2. The fourth-order valence-corrected chi connectivity index (χ4v) is 5.22. The molecule has 10 heteroatoms. The lowest BCUT2D eigenvalue weighted by Gasteiger charge is -2.23. The second kappa shape index (κ2) is 11.4. The Hall–Kier alpha value is -3.82. The van der Waals surface area contributed by atoms with E-state index >= 15 is 4.39 Å². The van der Waals surface area contributed by atoms with Crippen LogP contribution in [-0.4, -0.2) is 34.8 Å². The SMILES string of the molecule is CC.CC(C)(C)OC(=O)NCCn1c(C(C)(C)C)cc2cc(NC(=O)C3(c4ccc5c(c4)OC(C)(F)O5)CC3)c(F)cc21. The van der Waals surface area contributed by atoms with E-state index in [9.17, 15) is 14.0 Å². The molecule has 234 valence electrons. The van der Waals surface area contributed by atoms with Gasteiger partial charge in [-0.25, -0.2) is 9.18 Å². The van der Waals surface area contributed by atoms with Crippen molar-refractivity contribution in [3.05, 3.63) is 53.5 Å². The van der Waals surface area contributed by atoms with Crippen molar-refractivity contribution in [1.82, 2.24) is 9.88 Å². The van der Waals surface area contributed by atoms with Gasteiger partial charge in [0.15, 0.2) is 11.5 Å². The number of carbonyl (C=O) groups excluding carboxylic acids is 2. The average Bonchev–Trinajstić information content (AvgIpc) is 3.54. The number of halogens is 2. The molecule has 1 fully saturated rings. The van der Waals surface area contributed by atoms with Crippen molar-refractivity contribution in [3.8, 4) is 11.5 Å². The van der Waals surface area contributed by atoms with Gasteiger partial charge in [0.25, 0.3) is 0 Å². The molecule has 2 amide bonds. The van der Waals surface area contributed by atoms with Crippen molar-refractivity contribution in [1.29, 1.82) is 0 Å². The summed E-state index contributed by atoms with van der Waals surface area (Å²) >= 11 is 0. The van der Waals surface area contributed by atoms with E-state index in [1.54, 1.807) is 45.0 Å². The molecule has 0 bridgehead atoms. The van der Waals surface area contributed by atoms with Crippen LogP contribution in [0.3, 0.4) is 0 Å². The van der Waals surface area contributed by atoms with E-state index in [1.165, 1.54) is 13.0 Å². The Morgan fingerprint density at radius 1 is 1.00 bits per heavy atom. The van der Waals surface area contributed by atoms with E-state index in [2.05, 4.69) is 31.4 Å². The van der Waals surface area contributed by atoms with E-state index in [4.69, 9.17) is 14.2 Å². The molecule has 1 atom stereocenters. The third-order valence-electron chi connectivity index (χ3n) is 7.28. The molecular weight excluding hydrogens is 556 g/mol. The standard InChI is InChI=1S/C31H37F2N3O5.C2H6/c1-28(2,3)25-15-18-14-21(20(32)17-22(18)36(25)13-12-34-27(38)41-29(4,5)6)35-26(37)31(10-11-31)19-8-9-23-24(16-19)40-30(7,33)39-23;1-2/h8-9,14-17H,10-13H2,1-7H3,(H,34,38)(H,35,37);1-2H3. The summed E-state index contributed by atoms with van der Waals surface area (Å²) in [5.74, 6) is -0.404. The Labute approximate surface area is 252 Å². The van der Waals surface area contributed by atoms with Crippen LogP contribution in [0.15, 0.2) is 36.4 Å². The van der Waals surface area contributed by atoms with E-state index < -0.39 is 29.0 Å². The molecule has 0 saturated heterocycles. The highest BCUT2D eigenvalue weighted by molar-refractivity contribution is 6.03. The van der Waals surface area contributed by atoms with Crippen LogP contribution in [0.2, 0.25) is 0 Å². The van der Waals surface area contributed by atoms with Crippen LogP contribution in [0.4, 0.5) is 19.3 Å². The number of ether oxygens (including phenoxy) is 3. The van der Waals surface area contributed by atoms with Crippen LogP contribution >= 0.6 is 0 Å². The zero-order valence-electron chi connectivity index (χ0n) is 26.5. The number of fused-ring (bicyclic) bond motifs is 2. The van der Waals surface area contributed by atoms with Crippen LogP contribution in [0.1, 0.15) is 86.4 Å². The van der Waals surface area contributed by atoms with E-state index in [0.717, 1.165) is 11.1 Å². The molecular formula is C33H43F2N3O5. The fourth-order valence-electron chi connectivity index (χ4n) is 5.22. The number of aromatic nitrogens is 1. The predicted molar refractivity (Wildman–Crippen MR) is 163 cm³/mol. The van der Waals surface area contributed by atoms with Gasteiger partial charge in [0.2, 0.25) is 5.91 Å². The Balaban J connectivity index is 0.00000207. The van der Waals surface area contributed by atoms with Gasteiger partial charge in [-0.3, -0.25) is 4.79 Å². The third kappa shape index (κ3) is 6.89. The van der Waals surface area contributed by atoms with Gasteiger partial charge in [0.1, 0.15) is 11.4 Å². The number of nitrogens with zero attached hydrogens (tertiary/aromatic N) is 1. The average molecular weight is 600 g/mol. The van der Waals surface area contributed by atoms with Gasteiger partial charge in [-0.2, -0.15) is 4.39 Å². The van der Waals surface area contributed by atoms with Crippen molar-refractivity contribution in [2.24, 2.45) is 0 Å². The first-order chi connectivity index (χ1) is 20.0. The van der Waals surface area contributed by atoms with Crippen LogP contribution in [-0.2, 0) is 26.9 Å². The van der Waals surface area contributed by atoms with Crippen LogP contribution in [0, 0.1) is 5.82 Å². The monoisotopic (exact) mass is 599 g/mol. The van der Waals surface area contributed by atoms with Gasteiger partial charge in [-0.15, -0.1) is 0 Å². The first-order valence-corrected chi connectivity index (χ1v) is 14.8. The number of anilines is 1. The Kier molecular flexibility index (Phi) is 8.48. The minimum absolute atomic E-state index is 0.0790. The van der Waals surface area contributed by atoms with E-state index in [-0.39, 0.29) is 28.5 Å². The highest BCUT2D eigenvalue weighted by atomic mass is 19.2. The molecule has 0 spiro atoms. The van der Waals surface area contributed by atoms with E-state index in [0.29, 0.717) is 37.0 Å². The number of carbonyl (C=O) groups is 2. The lowest BCUT2D eigenvalue weighted by molar-refractivity contribution is -0.173. The molecule has 1 aliphatic heterocycles. The van der Waals surface area contributed by atoms with Gasteiger partial charge in [-0.1, -0.05) is 40.7 Å². The van der Waals surface area contributed by atoms with Gasteiger partial charge in [-0.05, 0) is 63.4 Å². The molecule has 1 aliphatic carbocycles. The molecule has 5 rings (SSSR count). The summed E-state index contributed by atoms with van der Waals surface area (Å²) in [4.78, 5) is 25.6. The summed E-state index contributed by atoms with van der Waals surface area (Å²) in [6.07, 6.45) is 0.632. The maximum Gasteiger partial charge on any atom is 0.407 e. The summed E-state index contributed by atoms with van der Waals surface area (Å²) in [7, 11) is 0. The normalized spacial score (nSPS) is 18.5.